The Hall–Kier alpha value is -1.30. The lowest BCUT2D eigenvalue weighted by Gasteiger charge is -2.22. The Kier molecular flexibility index (Phi) is 4.30. The summed E-state index contributed by atoms with van der Waals surface area (Å²) in [4.78, 5) is 11.9. The van der Waals surface area contributed by atoms with E-state index in [1.54, 1.807) is 0 Å². The Bertz CT molecular complexity index is 554. The third-order valence-corrected chi connectivity index (χ3v) is 4.88. The molecular weight excluding hydrogens is 304 g/mol. The number of nitrogens with one attached hydrogen (secondary N) is 2. The van der Waals surface area contributed by atoms with Crippen LogP contribution in [0.3, 0.4) is 0 Å². The number of hydrogen-bond acceptors (Lipinski definition) is 3. The predicted octanol–water partition coefficient (Wildman–Crippen LogP) is 1.82. The second kappa shape index (κ2) is 6.07. The fraction of sp³-hybridized carbons (Fsp3) is 0.562. The van der Waals surface area contributed by atoms with E-state index >= 15 is 0 Å². The summed E-state index contributed by atoms with van der Waals surface area (Å²) >= 11 is 6.25. The Morgan fingerprint density at radius 2 is 1.95 bits per heavy atom. The molecule has 0 unspecified atom stereocenters. The number of amides is 2. The highest BCUT2D eigenvalue weighted by Gasteiger charge is 2.45. The molecule has 0 radical (unpaired) electrons. The molecule has 1 aliphatic heterocycles. The molecule has 1 aliphatic carbocycles. The van der Waals surface area contributed by atoms with Gasteiger partial charge in [0.25, 0.3) is 0 Å². The van der Waals surface area contributed by atoms with Crippen LogP contribution in [0.2, 0.25) is 5.02 Å². The van der Waals surface area contributed by atoms with E-state index in [0.717, 1.165) is 23.4 Å². The summed E-state index contributed by atoms with van der Waals surface area (Å²) in [6, 6.07) is 7.52. The first-order valence-electron chi connectivity index (χ1n) is 7.60. The minimum atomic E-state index is -0.933. The first kappa shape index (κ1) is 15.6. The van der Waals surface area contributed by atoms with Gasteiger partial charge < -0.3 is 20.5 Å². The van der Waals surface area contributed by atoms with Crippen molar-refractivity contribution in [1.82, 2.24) is 10.6 Å². The Labute approximate surface area is 135 Å². The maximum atomic E-state index is 11.9. The van der Waals surface area contributed by atoms with Crippen molar-refractivity contribution in [3.63, 3.8) is 0 Å². The van der Waals surface area contributed by atoms with Crippen molar-refractivity contribution >= 4 is 17.6 Å². The van der Waals surface area contributed by atoms with Gasteiger partial charge in [-0.25, -0.2) is 4.79 Å². The molecule has 1 heterocycles. The van der Waals surface area contributed by atoms with E-state index in [9.17, 15) is 9.90 Å². The summed E-state index contributed by atoms with van der Waals surface area (Å²) in [7, 11) is 0. The molecule has 0 bridgehead atoms. The van der Waals surface area contributed by atoms with Crippen LogP contribution in [0.1, 0.15) is 24.8 Å². The third-order valence-electron chi connectivity index (χ3n) is 4.55. The molecule has 0 aromatic heterocycles. The van der Waals surface area contributed by atoms with Crippen molar-refractivity contribution in [2.24, 2.45) is 0 Å². The van der Waals surface area contributed by atoms with Gasteiger partial charge in [0.05, 0.1) is 13.2 Å². The summed E-state index contributed by atoms with van der Waals surface area (Å²) < 4.78 is 5.15. The fourth-order valence-corrected chi connectivity index (χ4v) is 3.21. The lowest BCUT2D eigenvalue weighted by atomic mass is 9.96. The van der Waals surface area contributed by atoms with Crippen molar-refractivity contribution in [3.05, 3.63) is 34.9 Å². The zero-order chi connectivity index (χ0) is 15.6. The Morgan fingerprint density at radius 3 is 2.59 bits per heavy atom. The Balaban J connectivity index is 1.50. The van der Waals surface area contributed by atoms with E-state index in [2.05, 4.69) is 10.6 Å². The monoisotopic (exact) mass is 324 g/mol. The second-order valence-corrected chi connectivity index (χ2v) is 6.73. The van der Waals surface area contributed by atoms with Gasteiger partial charge in [0.2, 0.25) is 0 Å². The number of urea groups is 1. The fourth-order valence-electron chi connectivity index (χ4n) is 2.88. The van der Waals surface area contributed by atoms with E-state index in [0.29, 0.717) is 19.6 Å². The van der Waals surface area contributed by atoms with Crippen LogP contribution < -0.4 is 10.6 Å². The van der Waals surface area contributed by atoms with Crippen LogP contribution in [-0.2, 0) is 10.2 Å². The van der Waals surface area contributed by atoms with Gasteiger partial charge in [0.15, 0.2) is 0 Å². The van der Waals surface area contributed by atoms with E-state index < -0.39 is 5.60 Å². The molecule has 120 valence electrons. The lowest BCUT2D eigenvalue weighted by molar-refractivity contribution is 0.0292. The van der Waals surface area contributed by atoms with Gasteiger partial charge in [0, 0.05) is 30.0 Å². The first-order chi connectivity index (χ1) is 10.5. The molecular formula is C16H21ClN2O3. The van der Waals surface area contributed by atoms with E-state index in [4.69, 9.17) is 16.3 Å². The van der Waals surface area contributed by atoms with Gasteiger partial charge in [-0.15, -0.1) is 0 Å². The first-order valence-corrected chi connectivity index (χ1v) is 7.98. The highest BCUT2D eigenvalue weighted by Crippen LogP contribution is 2.49. The van der Waals surface area contributed by atoms with E-state index in [1.165, 1.54) is 0 Å². The number of aliphatic hydroxyl groups is 1. The van der Waals surface area contributed by atoms with Gasteiger partial charge in [-0.1, -0.05) is 29.8 Å². The minimum Gasteiger partial charge on any atom is -0.386 e. The number of halogens is 1. The summed E-state index contributed by atoms with van der Waals surface area (Å²) in [5, 5.41) is 16.5. The molecule has 1 saturated carbocycles. The molecule has 5 nitrogen and oxygen atoms in total. The molecule has 1 atom stereocenters. The normalized spacial score (nSPS) is 25.7. The summed E-state index contributed by atoms with van der Waals surface area (Å²) in [5.41, 5.74) is 0.125. The predicted molar refractivity (Wildman–Crippen MR) is 84.2 cm³/mol. The molecule has 1 aromatic rings. The average Bonchev–Trinajstić information content (AvgIpc) is 3.18. The van der Waals surface area contributed by atoms with Crippen LogP contribution >= 0.6 is 11.6 Å². The third kappa shape index (κ3) is 3.37. The van der Waals surface area contributed by atoms with Crippen molar-refractivity contribution in [2.45, 2.75) is 30.3 Å². The van der Waals surface area contributed by atoms with Crippen LogP contribution in [0.4, 0.5) is 4.79 Å². The molecule has 0 spiro atoms. The zero-order valence-electron chi connectivity index (χ0n) is 12.4. The number of benzene rings is 1. The minimum absolute atomic E-state index is 0.0386. The highest BCUT2D eigenvalue weighted by atomic mass is 35.5. The Morgan fingerprint density at radius 1 is 1.23 bits per heavy atom. The van der Waals surface area contributed by atoms with Crippen LogP contribution in [0.15, 0.2) is 24.3 Å². The number of carbonyl (C=O) groups excluding carboxylic acids is 1. The van der Waals surface area contributed by atoms with Gasteiger partial charge in [0.1, 0.15) is 5.60 Å². The van der Waals surface area contributed by atoms with Gasteiger partial charge in [-0.05, 0) is 24.5 Å². The van der Waals surface area contributed by atoms with Gasteiger partial charge in [-0.3, -0.25) is 0 Å². The van der Waals surface area contributed by atoms with Gasteiger partial charge >= 0.3 is 6.03 Å². The number of ether oxygens (including phenoxy) is 1. The van der Waals surface area contributed by atoms with Crippen molar-refractivity contribution in [2.75, 3.05) is 26.3 Å². The topological polar surface area (TPSA) is 70.6 Å². The quantitative estimate of drug-likeness (QED) is 0.774. The molecule has 6 heteroatoms. The number of rotatable bonds is 5. The molecule has 2 fully saturated rings. The van der Waals surface area contributed by atoms with Crippen molar-refractivity contribution in [3.8, 4) is 0 Å². The lowest BCUT2D eigenvalue weighted by Crippen LogP contribution is -2.48. The molecule has 1 aromatic carbocycles. The van der Waals surface area contributed by atoms with Crippen LogP contribution in [-0.4, -0.2) is 43.0 Å². The summed E-state index contributed by atoms with van der Waals surface area (Å²) in [5.74, 6) is 0. The maximum Gasteiger partial charge on any atom is 0.314 e. The number of carbonyl (C=O) groups is 1. The van der Waals surface area contributed by atoms with Crippen molar-refractivity contribution in [1.29, 1.82) is 0 Å². The maximum absolute atomic E-state index is 11.9. The van der Waals surface area contributed by atoms with Crippen LogP contribution in [0, 0.1) is 0 Å². The van der Waals surface area contributed by atoms with E-state index in [-0.39, 0.29) is 24.6 Å². The SMILES string of the molecule is O=C(NCC1(c2ccccc2Cl)CC1)NC[C@@]1(O)CCOC1. The summed E-state index contributed by atoms with van der Waals surface area (Å²) in [6.07, 6.45) is 2.60. The molecule has 22 heavy (non-hydrogen) atoms. The van der Waals surface area contributed by atoms with Gasteiger partial charge in [-0.2, -0.15) is 0 Å². The second-order valence-electron chi connectivity index (χ2n) is 6.32. The number of hydrogen-bond donors (Lipinski definition) is 3. The molecule has 1 saturated heterocycles. The highest BCUT2D eigenvalue weighted by molar-refractivity contribution is 6.31. The van der Waals surface area contributed by atoms with Crippen LogP contribution in [0.5, 0.6) is 0 Å². The zero-order valence-corrected chi connectivity index (χ0v) is 13.2. The molecule has 2 aliphatic rings. The largest absolute Gasteiger partial charge is 0.386 e. The van der Waals surface area contributed by atoms with E-state index in [1.807, 2.05) is 24.3 Å². The smallest absolute Gasteiger partial charge is 0.314 e. The van der Waals surface area contributed by atoms with Crippen LogP contribution in [0.25, 0.3) is 0 Å². The standard InChI is InChI=1S/C16H21ClN2O3/c17-13-4-2-1-3-12(13)15(5-6-15)9-18-14(20)19-10-16(21)7-8-22-11-16/h1-4,21H,5-11H2,(H2,18,19,20)/t16-/m0/s1. The summed E-state index contributed by atoms with van der Waals surface area (Å²) in [6.45, 7) is 1.57. The molecule has 3 N–H and O–H groups in total. The van der Waals surface area contributed by atoms with Crippen molar-refractivity contribution < 1.29 is 14.6 Å². The average molecular weight is 325 g/mol. The molecule has 3 rings (SSSR count). The molecule has 2 amide bonds.